The quantitative estimate of drug-likeness (QED) is 0.209. The molecule has 3 heterocycles. The van der Waals surface area contributed by atoms with E-state index in [1.807, 2.05) is 6.07 Å². The van der Waals surface area contributed by atoms with Gasteiger partial charge in [0.15, 0.2) is 16.7 Å². The molecule has 2 aromatic heterocycles. The van der Waals surface area contributed by atoms with E-state index in [1.165, 1.54) is 22.3 Å². The number of hydrogen-bond donors (Lipinski definition) is 1. The third-order valence-corrected chi connectivity index (χ3v) is 7.19. The number of anilines is 1. The highest BCUT2D eigenvalue weighted by molar-refractivity contribution is 7.22. The summed E-state index contributed by atoms with van der Waals surface area (Å²) in [5.74, 6) is 0.0632. The van der Waals surface area contributed by atoms with Crippen LogP contribution < -0.4 is 14.4 Å². The van der Waals surface area contributed by atoms with Gasteiger partial charge in [-0.3, -0.25) is 14.5 Å². The van der Waals surface area contributed by atoms with E-state index in [0.717, 1.165) is 17.5 Å². The molecule has 0 fully saturated rings. The van der Waals surface area contributed by atoms with Gasteiger partial charge in [0.25, 0.3) is 5.91 Å². The Kier molecular flexibility index (Phi) is 6.71. The SMILES string of the molecule is CCCCOc1ccc(C2C(C(=O)c3ccc(C)o3)=C(O)C(=O)N2c2nc3ccc(OC)cc3s2)cc1. The first-order valence-electron chi connectivity index (χ1n) is 12.0. The summed E-state index contributed by atoms with van der Waals surface area (Å²) >= 11 is 1.28. The van der Waals surface area contributed by atoms with Crippen molar-refractivity contribution in [2.45, 2.75) is 32.7 Å². The number of rotatable bonds is 9. The summed E-state index contributed by atoms with van der Waals surface area (Å²) in [6.07, 6.45) is 1.96. The largest absolute Gasteiger partial charge is 0.503 e. The number of aryl methyl sites for hydroxylation is 1. The summed E-state index contributed by atoms with van der Waals surface area (Å²) in [6, 6.07) is 14.9. The number of amides is 1. The van der Waals surface area contributed by atoms with E-state index in [9.17, 15) is 14.7 Å². The number of thiazole rings is 1. The van der Waals surface area contributed by atoms with E-state index in [-0.39, 0.29) is 11.3 Å². The zero-order valence-electron chi connectivity index (χ0n) is 20.7. The van der Waals surface area contributed by atoms with Crippen molar-refractivity contribution >= 4 is 38.4 Å². The maximum Gasteiger partial charge on any atom is 0.296 e. The summed E-state index contributed by atoms with van der Waals surface area (Å²) in [6.45, 7) is 4.41. The van der Waals surface area contributed by atoms with E-state index in [0.29, 0.717) is 40.1 Å². The lowest BCUT2D eigenvalue weighted by molar-refractivity contribution is -0.117. The molecular weight excluding hydrogens is 492 g/mol. The summed E-state index contributed by atoms with van der Waals surface area (Å²) in [5.41, 5.74) is 1.24. The van der Waals surface area contributed by atoms with Crippen molar-refractivity contribution in [3.63, 3.8) is 0 Å². The number of benzene rings is 2. The van der Waals surface area contributed by atoms with Gasteiger partial charge in [0.05, 0.1) is 35.5 Å². The number of hydrogen-bond acceptors (Lipinski definition) is 8. The average Bonchev–Trinajstić information content (AvgIpc) is 3.59. The molecule has 0 bridgehead atoms. The molecule has 0 radical (unpaired) electrons. The minimum absolute atomic E-state index is 0.0484. The van der Waals surface area contributed by atoms with Gasteiger partial charge in [0.2, 0.25) is 5.78 Å². The summed E-state index contributed by atoms with van der Waals surface area (Å²) < 4.78 is 17.4. The van der Waals surface area contributed by atoms with Crippen molar-refractivity contribution in [2.75, 3.05) is 18.6 Å². The highest BCUT2D eigenvalue weighted by atomic mass is 32.1. The minimum atomic E-state index is -0.905. The maximum atomic E-state index is 13.5. The number of furan rings is 1. The molecule has 2 aromatic carbocycles. The van der Waals surface area contributed by atoms with Crippen LogP contribution in [0.25, 0.3) is 10.2 Å². The Morgan fingerprint density at radius 2 is 1.89 bits per heavy atom. The Bertz CT molecular complexity index is 1500. The van der Waals surface area contributed by atoms with Gasteiger partial charge in [-0.2, -0.15) is 0 Å². The molecule has 5 rings (SSSR count). The lowest BCUT2D eigenvalue weighted by Gasteiger charge is -2.24. The molecule has 0 spiro atoms. The molecule has 9 heteroatoms. The second-order valence-corrected chi connectivity index (χ2v) is 9.69. The van der Waals surface area contributed by atoms with Crippen molar-refractivity contribution in [3.8, 4) is 11.5 Å². The Morgan fingerprint density at radius 3 is 2.57 bits per heavy atom. The van der Waals surface area contributed by atoms with Crippen molar-refractivity contribution in [3.05, 3.63) is 83.0 Å². The van der Waals surface area contributed by atoms with Gasteiger partial charge in [-0.05, 0) is 61.4 Å². The second kappa shape index (κ2) is 10.1. The van der Waals surface area contributed by atoms with Crippen LogP contribution in [0.15, 0.2) is 70.3 Å². The van der Waals surface area contributed by atoms with E-state index in [2.05, 4.69) is 11.9 Å². The van der Waals surface area contributed by atoms with Crippen molar-refractivity contribution in [1.29, 1.82) is 0 Å². The Labute approximate surface area is 217 Å². The molecule has 0 saturated carbocycles. The normalized spacial score (nSPS) is 15.6. The van der Waals surface area contributed by atoms with Gasteiger partial charge in [-0.15, -0.1) is 0 Å². The van der Waals surface area contributed by atoms with Crippen molar-refractivity contribution < 1.29 is 28.6 Å². The highest BCUT2D eigenvalue weighted by Crippen LogP contribution is 2.44. The van der Waals surface area contributed by atoms with Gasteiger partial charge in [-0.1, -0.05) is 36.8 Å². The third kappa shape index (κ3) is 4.58. The van der Waals surface area contributed by atoms with E-state index in [4.69, 9.17) is 13.9 Å². The number of Topliss-reactive ketones (excluding diaryl/α,β-unsaturated/α-hetero) is 1. The van der Waals surface area contributed by atoms with Crippen molar-refractivity contribution in [1.82, 2.24) is 4.98 Å². The Hall–Kier alpha value is -4.11. The predicted molar refractivity (Wildman–Crippen MR) is 141 cm³/mol. The predicted octanol–water partition coefficient (Wildman–Crippen LogP) is 6.17. The summed E-state index contributed by atoms with van der Waals surface area (Å²) in [5, 5.41) is 11.3. The standard InChI is InChI=1S/C28H26N2O6S/c1-4-5-14-35-18-9-7-17(8-10-18)24-23(25(31)21-13-6-16(2)36-21)26(32)27(33)30(24)28-29-20-12-11-19(34-3)15-22(20)37-28/h6-13,15,24,32H,4-5,14H2,1-3H3. The molecule has 0 saturated heterocycles. The van der Waals surface area contributed by atoms with Gasteiger partial charge in [0.1, 0.15) is 17.3 Å². The number of carbonyl (C=O) groups excluding carboxylic acids is 2. The second-order valence-electron chi connectivity index (χ2n) is 8.68. The van der Waals surface area contributed by atoms with Crippen LogP contribution in [0.1, 0.15) is 47.7 Å². The molecule has 190 valence electrons. The zero-order chi connectivity index (χ0) is 26.1. The maximum absolute atomic E-state index is 13.5. The highest BCUT2D eigenvalue weighted by Gasteiger charge is 2.46. The van der Waals surface area contributed by atoms with Crippen LogP contribution >= 0.6 is 11.3 Å². The van der Waals surface area contributed by atoms with Gasteiger partial charge in [-0.25, -0.2) is 4.98 Å². The molecule has 4 aromatic rings. The number of aromatic nitrogens is 1. The molecular formula is C28H26N2O6S. The fraction of sp³-hybridized carbons (Fsp3) is 0.250. The summed E-state index contributed by atoms with van der Waals surface area (Å²) in [4.78, 5) is 33.0. The smallest absolute Gasteiger partial charge is 0.296 e. The van der Waals surface area contributed by atoms with Crippen LogP contribution in [0.3, 0.4) is 0 Å². The average molecular weight is 519 g/mol. The molecule has 1 N–H and O–H groups in total. The van der Waals surface area contributed by atoms with Gasteiger partial charge < -0.3 is 19.0 Å². The Morgan fingerprint density at radius 1 is 1.14 bits per heavy atom. The van der Waals surface area contributed by atoms with Crippen LogP contribution in [-0.4, -0.2) is 35.5 Å². The molecule has 1 unspecified atom stereocenters. The van der Waals surface area contributed by atoms with E-state index >= 15 is 0 Å². The first-order valence-corrected chi connectivity index (χ1v) is 12.8. The number of carbonyl (C=O) groups is 2. The molecule has 1 amide bonds. The van der Waals surface area contributed by atoms with Gasteiger partial charge >= 0.3 is 0 Å². The van der Waals surface area contributed by atoms with Crippen LogP contribution in [0, 0.1) is 6.92 Å². The lowest BCUT2D eigenvalue weighted by atomic mass is 9.95. The molecule has 37 heavy (non-hydrogen) atoms. The number of methoxy groups -OCH3 is 1. The third-order valence-electron chi connectivity index (χ3n) is 6.17. The number of ether oxygens (including phenoxy) is 2. The lowest BCUT2D eigenvalue weighted by Crippen LogP contribution is -2.30. The summed E-state index contributed by atoms with van der Waals surface area (Å²) in [7, 11) is 1.58. The first-order chi connectivity index (χ1) is 17.9. The molecule has 1 atom stereocenters. The first kappa shape index (κ1) is 24.6. The van der Waals surface area contributed by atoms with Crippen LogP contribution in [0.4, 0.5) is 5.13 Å². The number of aliphatic hydroxyl groups is 1. The fourth-order valence-corrected chi connectivity index (χ4v) is 5.26. The molecule has 0 aliphatic carbocycles. The molecule has 1 aliphatic rings. The van der Waals surface area contributed by atoms with E-state index < -0.39 is 23.5 Å². The number of nitrogens with zero attached hydrogens (tertiary/aromatic N) is 2. The fourth-order valence-electron chi connectivity index (χ4n) is 4.24. The number of unbranched alkanes of at least 4 members (excludes halogenated alkanes) is 1. The number of aliphatic hydroxyl groups excluding tert-OH is 1. The number of fused-ring (bicyclic) bond motifs is 1. The monoisotopic (exact) mass is 518 g/mol. The van der Waals surface area contributed by atoms with Crippen LogP contribution in [0.5, 0.6) is 11.5 Å². The van der Waals surface area contributed by atoms with E-state index in [1.54, 1.807) is 56.5 Å². The topological polar surface area (TPSA) is 102 Å². The zero-order valence-corrected chi connectivity index (χ0v) is 21.5. The van der Waals surface area contributed by atoms with Gasteiger partial charge in [0, 0.05) is 0 Å². The van der Waals surface area contributed by atoms with Crippen LogP contribution in [-0.2, 0) is 4.79 Å². The van der Waals surface area contributed by atoms with Crippen LogP contribution in [0.2, 0.25) is 0 Å². The molecule has 1 aliphatic heterocycles. The Balaban J connectivity index is 1.59. The number of ketones is 1. The van der Waals surface area contributed by atoms with Crippen molar-refractivity contribution in [2.24, 2.45) is 0 Å². The minimum Gasteiger partial charge on any atom is -0.503 e. The molecule has 8 nitrogen and oxygen atoms in total.